The second-order valence-electron chi connectivity index (χ2n) is 6.90. The molecule has 4 rings (SSSR count). The molecule has 2 fully saturated rings. The summed E-state index contributed by atoms with van der Waals surface area (Å²) in [5.74, 6) is 0.630. The maximum atomic E-state index is 13.0. The number of hydrogen-bond acceptors (Lipinski definition) is 7. The number of amides is 1. The van der Waals surface area contributed by atoms with Gasteiger partial charge >= 0.3 is 0 Å². The van der Waals surface area contributed by atoms with Gasteiger partial charge in [0.2, 0.25) is 5.91 Å². The summed E-state index contributed by atoms with van der Waals surface area (Å²) in [6.07, 6.45) is 6.29. The summed E-state index contributed by atoms with van der Waals surface area (Å²) >= 11 is 2.98. The zero-order valence-electron chi connectivity index (χ0n) is 14.3. The third kappa shape index (κ3) is 3.75. The van der Waals surface area contributed by atoms with Crippen LogP contribution in [-0.2, 0) is 14.6 Å². The molecule has 0 unspecified atom stereocenters. The molecule has 2 aliphatic rings. The van der Waals surface area contributed by atoms with E-state index in [0.29, 0.717) is 6.42 Å². The number of hydrogen-bond donors (Lipinski definition) is 0. The lowest BCUT2D eigenvalue weighted by Crippen LogP contribution is -2.47. The normalized spacial score (nSPS) is 22.8. The van der Waals surface area contributed by atoms with Crippen molar-refractivity contribution in [2.45, 2.75) is 49.2 Å². The van der Waals surface area contributed by atoms with Crippen molar-refractivity contribution < 1.29 is 13.2 Å². The van der Waals surface area contributed by atoms with E-state index in [-0.39, 0.29) is 35.2 Å². The van der Waals surface area contributed by atoms with Crippen LogP contribution in [0.25, 0.3) is 10.2 Å². The van der Waals surface area contributed by atoms with E-state index in [1.807, 2.05) is 16.3 Å². The molecule has 1 amide bonds. The zero-order valence-corrected chi connectivity index (χ0v) is 16.8. The number of sulfone groups is 1. The molecule has 0 N–H and O–H groups in total. The van der Waals surface area contributed by atoms with Gasteiger partial charge in [0.15, 0.2) is 9.84 Å². The van der Waals surface area contributed by atoms with Gasteiger partial charge in [-0.2, -0.15) is 0 Å². The van der Waals surface area contributed by atoms with Crippen molar-refractivity contribution in [1.29, 1.82) is 0 Å². The van der Waals surface area contributed by atoms with Crippen LogP contribution >= 0.6 is 23.1 Å². The molecule has 3 heterocycles. The summed E-state index contributed by atoms with van der Waals surface area (Å²) in [5, 5.41) is 3.76. The Morgan fingerprint density at radius 2 is 2.04 bits per heavy atom. The average molecular weight is 412 g/mol. The highest BCUT2D eigenvalue weighted by molar-refractivity contribution is 8.00. The molecule has 2 aromatic rings. The van der Waals surface area contributed by atoms with Crippen LogP contribution in [0.1, 0.15) is 32.1 Å². The number of carbonyl (C=O) groups excluding carboxylic acids is 1. The average Bonchev–Trinajstić information content (AvgIpc) is 3.34. The molecule has 0 radical (unpaired) electrons. The summed E-state index contributed by atoms with van der Waals surface area (Å²) in [7, 11) is -3.01. The molecule has 1 saturated carbocycles. The van der Waals surface area contributed by atoms with Crippen molar-refractivity contribution in [3.8, 4) is 0 Å². The zero-order chi connectivity index (χ0) is 18.1. The van der Waals surface area contributed by atoms with E-state index < -0.39 is 9.84 Å². The van der Waals surface area contributed by atoms with Crippen molar-refractivity contribution in [3.05, 3.63) is 17.8 Å². The van der Waals surface area contributed by atoms with Gasteiger partial charge in [0.05, 0.1) is 17.3 Å². The van der Waals surface area contributed by atoms with Gasteiger partial charge in [0.25, 0.3) is 0 Å². The molecule has 6 nitrogen and oxygen atoms in total. The second-order valence-corrected chi connectivity index (χ2v) is 11.0. The van der Waals surface area contributed by atoms with Gasteiger partial charge in [0.1, 0.15) is 16.2 Å². The molecular weight excluding hydrogens is 390 g/mol. The molecule has 0 spiro atoms. The van der Waals surface area contributed by atoms with E-state index in [0.717, 1.165) is 40.9 Å². The smallest absolute Gasteiger partial charge is 0.233 e. The standard InChI is InChI=1S/C17H21N3O3S3/c21-15(9-25-17-14-5-7-24-16(14)18-11-19-17)20(12-3-1-2-4-12)13-6-8-26(22,23)10-13/h5,7,11-13H,1-4,6,8-10H2/t13-/m1/s1. The Labute approximate surface area is 161 Å². The lowest BCUT2D eigenvalue weighted by Gasteiger charge is -2.34. The van der Waals surface area contributed by atoms with Crippen LogP contribution in [0.4, 0.5) is 0 Å². The monoisotopic (exact) mass is 411 g/mol. The van der Waals surface area contributed by atoms with Gasteiger partial charge in [-0.15, -0.1) is 11.3 Å². The number of aromatic nitrogens is 2. The Morgan fingerprint density at radius 1 is 1.23 bits per heavy atom. The summed E-state index contributed by atoms with van der Waals surface area (Å²) in [6.45, 7) is 0. The van der Waals surface area contributed by atoms with Crippen LogP contribution in [0.2, 0.25) is 0 Å². The topological polar surface area (TPSA) is 80.2 Å². The summed E-state index contributed by atoms with van der Waals surface area (Å²) in [5.41, 5.74) is 0. The summed E-state index contributed by atoms with van der Waals surface area (Å²) < 4.78 is 23.8. The fraction of sp³-hybridized carbons (Fsp3) is 0.588. The number of thioether (sulfide) groups is 1. The first-order chi connectivity index (χ1) is 12.5. The van der Waals surface area contributed by atoms with Gasteiger partial charge < -0.3 is 4.90 Å². The van der Waals surface area contributed by atoms with Crippen LogP contribution in [-0.4, -0.2) is 58.5 Å². The molecule has 1 aliphatic heterocycles. The van der Waals surface area contributed by atoms with E-state index in [9.17, 15) is 13.2 Å². The lowest BCUT2D eigenvalue weighted by molar-refractivity contribution is -0.132. The van der Waals surface area contributed by atoms with E-state index in [2.05, 4.69) is 9.97 Å². The number of fused-ring (bicyclic) bond motifs is 1. The molecule has 0 bridgehead atoms. The molecule has 9 heteroatoms. The van der Waals surface area contributed by atoms with Crippen LogP contribution < -0.4 is 0 Å². The van der Waals surface area contributed by atoms with Crippen molar-refractivity contribution in [3.63, 3.8) is 0 Å². The number of rotatable bonds is 5. The largest absolute Gasteiger partial charge is 0.335 e. The molecule has 1 atom stereocenters. The van der Waals surface area contributed by atoms with Gasteiger partial charge in [-0.3, -0.25) is 4.79 Å². The van der Waals surface area contributed by atoms with Crippen molar-refractivity contribution in [2.24, 2.45) is 0 Å². The van der Waals surface area contributed by atoms with Gasteiger partial charge in [-0.25, -0.2) is 18.4 Å². The van der Waals surface area contributed by atoms with Crippen molar-refractivity contribution in [1.82, 2.24) is 14.9 Å². The quantitative estimate of drug-likeness (QED) is 0.556. The highest BCUT2D eigenvalue weighted by atomic mass is 32.2. The Balaban J connectivity index is 1.50. The first-order valence-corrected chi connectivity index (χ1v) is 12.5. The maximum Gasteiger partial charge on any atom is 0.233 e. The van der Waals surface area contributed by atoms with Crippen molar-refractivity contribution >= 4 is 49.1 Å². The van der Waals surface area contributed by atoms with E-state index in [1.165, 1.54) is 18.1 Å². The summed E-state index contributed by atoms with van der Waals surface area (Å²) in [6, 6.07) is 2.00. The first-order valence-electron chi connectivity index (χ1n) is 8.86. The fourth-order valence-corrected chi connectivity index (χ4v) is 7.33. The van der Waals surface area contributed by atoms with E-state index in [4.69, 9.17) is 0 Å². The lowest BCUT2D eigenvalue weighted by atomic mass is 10.1. The maximum absolute atomic E-state index is 13.0. The minimum atomic E-state index is -3.01. The van der Waals surface area contributed by atoms with Gasteiger partial charge in [-0.1, -0.05) is 24.6 Å². The molecule has 1 aliphatic carbocycles. The molecule has 2 aromatic heterocycles. The third-order valence-electron chi connectivity index (χ3n) is 5.17. The van der Waals surface area contributed by atoms with Crippen LogP contribution in [0.3, 0.4) is 0 Å². The predicted octanol–water partition coefficient (Wildman–Crippen LogP) is 2.74. The van der Waals surface area contributed by atoms with Gasteiger partial charge in [0, 0.05) is 17.5 Å². The SMILES string of the molecule is O=C(CSc1ncnc2sccc12)N(C1CCCC1)[C@@H]1CCS(=O)(=O)C1. The molecule has 1 saturated heterocycles. The highest BCUT2D eigenvalue weighted by Gasteiger charge is 2.38. The van der Waals surface area contributed by atoms with E-state index >= 15 is 0 Å². The Bertz CT molecular complexity index is 906. The summed E-state index contributed by atoms with van der Waals surface area (Å²) in [4.78, 5) is 24.4. The van der Waals surface area contributed by atoms with Gasteiger partial charge in [-0.05, 0) is 30.7 Å². The predicted molar refractivity (Wildman–Crippen MR) is 104 cm³/mol. The second kappa shape index (κ2) is 7.44. The first kappa shape index (κ1) is 18.2. The fourth-order valence-electron chi connectivity index (χ4n) is 3.97. The Kier molecular flexibility index (Phi) is 5.20. The molecular formula is C17H21N3O3S3. The van der Waals surface area contributed by atoms with Crippen LogP contribution in [0.5, 0.6) is 0 Å². The van der Waals surface area contributed by atoms with Crippen LogP contribution in [0.15, 0.2) is 22.8 Å². The molecule has 0 aromatic carbocycles. The number of nitrogens with zero attached hydrogens (tertiary/aromatic N) is 3. The molecule has 140 valence electrons. The van der Waals surface area contributed by atoms with Crippen LogP contribution in [0, 0.1) is 0 Å². The van der Waals surface area contributed by atoms with Crippen molar-refractivity contribution in [2.75, 3.05) is 17.3 Å². The Hall–Kier alpha value is -1.19. The minimum absolute atomic E-state index is 0.0333. The highest BCUT2D eigenvalue weighted by Crippen LogP contribution is 2.32. The minimum Gasteiger partial charge on any atom is -0.335 e. The number of thiophene rings is 1. The third-order valence-corrected chi connectivity index (χ3v) is 8.73. The Morgan fingerprint density at radius 3 is 2.77 bits per heavy atom. The molecule has 26 heavy (non-hydrogen) atoms. The number of carbonyl (C=O) groups is 1. The van der Waals surface area contributed by atoms with E-state index in [1.54, 1.807) is 11.3 Å².